The Labute approximate surface area is 143 Å². The van der Waals surface area contributed by atoms with Gasteiger partial charge in [0, 0.05) is 39.3 Å². The van der Waals surface area contributed by atoms with Crippen molar-refractivity contribution >= 4 is 0 Å². The number of hydrogen-bond acceptors (Lipinski definition) is 3. The monoisotopic (exact) mass is 319 g/mol. The molecule has 0 aromatic carbocycles. The molecule has 0 aromatic rings. The molecule has 3 nitrogen and oxygen atoms in total. The van der Waals surface area contributed by atoms with Gasteiger partial charge in [0.15, 0.2) is 0 Å². The van der Waals surface area contributed by atoms with Crippen LogP contribution in [0.25, 0.3) is 0 Å². The van der Waals surface area contributed by atoms with Gasteiger partial charge in [-0.3, -0.25) is 0 Å². The molecule has 132 valence electrons. The lowest BCUT2D eigenvalue weighted by molar-refractivity contribution is -0.0667. The summed E-state index contributed by atoms with van der Waals surface area (Å²) in [5.74, 6) is 1.84. The van der Waals surface area contributed by atoms with E-state index in [-0.39, 0.29) is 0 Å². The summed E-state index contributed by atoms with van der Waals surface area (Å²) in [6.07, 6.45) is 7.38. The number of piperidine rings is 1. The highest BCUT2D eigenvalue weighted by Gasteiger charge is 2.48. The second-order valence-corrected chi connectivity index (χ2v) is 10.1. The predicted octanol–water partition coefficient (Wildman–Crippen LogP) is 2.77. The molecule has 1 aliphatic carbocycles. The van der Waals surface area contributed by atoms with E-state index in [9.17, 15) is 0 Å². The molecule has 0 amide bonds. The lowest BCUT2D eigenvalue weighted by Crippen LogP contribution is -2.63. The largest absolute Gasteiger partial charge is 0.306 e. The van der Waals surface area contributed by atoms with Gasteiger partial charge in [0.05, 0.1) is 0 Å². The molecule has 4 fully saturated rings. The van der Waals surface area contributed by atoms with E-state index in [2.05, 4.69) is 35.6 Å². The minimum atomic E-state index is 0.709. The summed E-state index contributed by atoms with van der Waals surface area (Å²) >= 11 is 0. The second kappa shape index (κ2) is 6.00. The molecular formula is C20H37N3. The summed E-state index contributed by atoms with van der Waals surface area (Å²) < 4.78 is 0. The van der Waals surface area contributed by atoms with Crippen molar-refractivity contribution in [2.45, 2.75) is 46.0 Å². The molecule has 0 bridgehead atoms. The topological polar surface area (TPSA) is 9.72 Å². The molecule has 3 aliphatic heterocycles. The first kappa shape index (κ1) is 16.4. The Morgan fingerprint density at radius 1 is 0.957 bits per heavy atom. The average molecular weight is 320 g/mol. The first-order valence-corrected chi connectivity index (χ1v) is 10.1. The van der Waals surface area contributed by atoms with Crippen LogP contribution in [0.3, 0.4) is 0 Å². The number of hydrogen-bond donors (Lipinski definition) is 0. The molecule has 0 radical (unpaired) electrons. The van der Waals surface area contributed by atoms with Crippen molar-refractivity contribution in [3.05, 3.63) is 0 Å². The van der Waals surface area contributed by atoms with Crippen molar-refractivity contribution in [1.82, 2.24) is 14.7 Å². The second-order valence-electron chi connectivity index (χ2n) is 10.1. The summed E-state index contributed by atoms with van der Waals surface area (Å²) in [5, 5.41) is 0. The highest BCUT2D eigenvalue weighted by molar-refractivity contribution is 5.02. The molecule has 4 aliphatic rings. The van der Waals surface area contributed by atoms with E-state index in [1.54, 1.807) is 0 Å². The summed E-state index contributed by atoms with van der Waals surface area (Å²) in [7, 11) is 2.25. The van der Waals surface area contributed by atoms with Gasteiger partial charge in [-0.2, -0.15) is 0 Å². The Morgan fingerprint density at radius 3 is 2.13 bits per heavy atom. The molecule has 3 saturated heterocycles. The van der Waals surface area contributed by atoms with E-state index in [1.807, 2.05) is 0 Å². The van der Waals surface area contributed by atoms with Gasteiger partial charge in [0.2, 0.25) is 0 Å². The third-order valence-corrected chi connectivity index (χ3v) is 7.05. The van der Waals surface area contributed by atoms with E-state index < -0.39 is 0 Å². The fourth-order valence-electron chi connectivity index (χ4n) is 5.79. The maximum absolute atomic E-state index is 2.81. The van der Waals surface area contributed by atoms with Gasteiger partial charge < -0.3 is 14.7 Å². The Bertz CT molecular complexity index is 407. The Morgan fingerprint density at radius 2 is 1.61 bits per heavy atom. The van der Waals surface area contributed by atoms with Crippen LogP contribution in [0.2, 0.25) is 0 Å². The van der Waals surface area contributed by atoms with Gasteiger partial charge in [-0.05, 0) is 74.9 Å². The number of nitrogens with zero attached hydrogens (tertiary/aromatic N) is 3. The van der Waals surface area contributed by atoms with Gasteiger partial charge >= 0.3 is 0 Å². The molecule has 23 heavy (non-hydrogen) atoms. The zero-order valence-electron chi connectivity index (χ0n) is 15.7. The van der Waals surface area contributed by atoms with E-state index >= 15 is 0 Å². The fourth-order valence-corrected chi connectivity index (χ4v) is 5.79. The summed E-state index contributed by atoms with van der Waals surface area (Å²) in [6.45, 7) is 15.8. The predicted molar refractivity (Wildman–Crippen MR) is 96.7 cm³/mol. The molecule has 0 atom stereocenters. The Balaban J connectivity index is 1.17. The van der Waals surface area contributed by atoms with Crippen LogP contribution in [-0.2, 0) is 0 Å². The average Bonchev–Trinajstić information content (AvgIpc) is 3.15. The minimum Gasteiger partial charge on any atom is -0.306 e. The third-order valence-electron chi connectivity index (χ3n) is 7.05. The van der Waals surface area contributed by atoms with Crippen LogP contribution in [0.4, 0.5) is 0 Å². The lowest BCUT2D eigenvalue weighted by atomic mass is 9.71. The number of rotatable bonds is 6. The van der Waals surface area contributed by atoms with Gasteiger partial charge in [-0.1, -0.05) is 13.8 Å². The van der Waals surface area contributed by atoms with Crippen LogP contribution in [0.15, 0.2) is 0 Å². The highest BCUT2D eigenvalue weighted by Crippen LogP contribution is 2.52. The van der Waals surface area contributed by atoms with E-state index in [0.29, 0.717) is 5.41 Å². The third kappa shape index (κ3) is 3.62. The van der Waals surface area contributed by atoms with Crippen LogP contribution in [-0.4, -0.2) is 74.1 Å². The van der Waals surface area contributed by atoms with E-state index in [4.69, 9.17) is 0 Å². The van der Waals surface area contributed by atoms with Crippen LogP contribution in [0.1, 0.15) is 46.0 Å². The van der Waals surface area contributed by atoms with Crippen LogP contribution in [0, 0.1) is 22.7 Å². The summed E-state index contributed by atoms with van der Waals surface area (Å²) in [6, 6.07) is 0. The molecule has 0 unspecified atom stereocenters. The van der Waals surface area contributed by atoms with Crippen molar-refractivity contribution in [3.63, 3.8) is 0 Å². The molecule has 0 aromatic heterocycles. The van der Waals surface area contributed by atoms with Crippen molar-refractivity contribution < 1.29 is 0 Å². The molecule has 1 spiro atoms. The summed E-state index contributed by atoms with van der Waals surface area (Å²) in [4.78, 5) is 8.00. The molecular weight excluding hydrogens is 282 g/mol. The SMILES string of the molecule is CC(C)CC1(CN2CCC3(CC2)CN(CC2CN(C)C2)C3)CC1. The molecule has 1 saturated carbocycles. The van der Waals surface area contributed by atoms with E-state index in [1.165, 1.54) is 84.5 Å². The number of likely N-dealkylation sites (tertiary alicyclic amines) is 3. The first-order valence-electron chi connectivity index (χ1n) is 10.1. The maximum Gasteiger partial charge on any atom is 0.00516 e. The standard InChI is InChI=1S/C20H37N3/c1-17(2)10-19(4-5-19)14-22-8-6-20(7-9-22)15-23(16-20)13-18-11-21(3)12-18/h17-18H,4-16H2,1-3H3. The molecule has 0 N–H and O–H groups in total. The van der Waals surface area contributed by atoms with Crippen LogP contribution < -0.4 is 0 Å². The maximum atomic E-state index is 2.81. The highest BCUT2D eigenvalue weighted by atomic mass is 15.3. The zero-order valence-corrected chi connectivity index (χ0v) is 15.7. The van der Waals surface area contributed by atoms with Crippen LogP contribution >= 0.6 is 0 Å². The smallest absolute Gasteiger partial charge is 0.00516 e. The van der Waals surface area contributed by atoms with Crippen molar-refractivity contribution in [1.29, 1.82) is 0 Å². The van der Waals surface area contributed by atoms with Gasteiger partial charge in [0.1, 0.15) is 0 Å². The van der Waals surface area contributed by atoms with Crippen LogP contribution in [0.5, 0.6) is 0 Å². The van der Waals surface area contributed by atoms with Crippen molar-refractivity contribution in [2.24, 2.45) is 22.7 Å². The lowest BCUT2D eigenvalue weighted by Gasteiger charge is -2.56. The zero-order chi connectivity index (χ0) is 16.1. The molecule has 3 heteroatoms. The molecule has 3 heterocycles. The first-order chi connectivity index (χ1) is 11.0. The fraction of sp³-hybridized carbons (Fsp3) is 1.00. The minimum absolute atomic E-state index is 0.709. The normalized spacial score (nSPS) is 31.3. The van der Waals surface area contributed by atoms with Crippen molar-refractivity contribution in [2.75, 3.05) is 59.4 Å². The Hall–Kier alpha value is -0.120. The quantitative estimate of drug-likeness (QED) is 0.745. The Kier molecular flexibility index (Phi) is 4.26. The van der Waals surface area contributed by atoms with Gasteiger partial charge in [-0.25, -0.2) is 0 Å². The summed E-state index contributed by atoms with van der Waals surface area (Å²) in [5.41, 5.74) is 1.43. The van der Waals surface area contributed by atoms with Gasteiger partial charge in [0.25, 0.3) is 0 Å². The van der Waals surface area contributed by atoms with Gasteiger partial charge in [-0.15, -0.1) is 0 Å². The van der Waals surface area contributed by atoms with E-state index in [0.717, 1.165) is 17.3 Å². The molecule has 4 rings (SSSR count). The van der Waals surface area contributed by atoms with Crippen molar-refractivity contribution in [3.8, 4) is 0 Å².